The number of nitrogens with zero attached hydrogens (tertiary/aromatic N) is 2. The highest BCUT2D eigenvalue weighted by atomic mass is 16.5. The number of hydrogen-bond acceptors (Lipinski definition) is 6. The number of anilines is 1. The van der Waals surface area contributed by atoms with Crippen LogP contribution in [0, 0.1) is 17.2 Å². The predicted octanol–water partition coefficient (Wildman–Crippen LogP) is 3.17. The van der Waals surface area contributed by atoms with Crippen molar-refractivity contribution >= 4 is 23.4 Å². The number of rotatable bonds is 9. The topological polar surface area (TPSA) is 86.0 Å². The first-order valence-electron chi connectivity index (χ1n) is 10.2. The Labute approximate surface area is 167 Å². The normalized spacial score (nSPS) is 25.0. The Kier molecular flexibility index (Phi) is 6.30. The van der Waals surface area contributed by atoms with Crippen LogP contribution in [0.3, 0.4) is 0 Å². The fourth-order valence-electron chi connectivity index (χ4n) is 4.22. The van der Waals surface area contributed by atoms with Crippen LogP contribution >= 0.6 is 0 Å². The number of ether oxygens (including phenoxy) is 1. The summed E-state index contributed by atoms with van der Waals surface area (Å²) in [7, 11) is 0. The maximum absolute atomic E-state index is 13.2. The van der Waals surface area contributed by atoms with Crippen molar-refractivity contribution in [3.05, 3.63) is 29.8 Å². The quantitative estimate of drug-likeness (QED) is 0.639. The third-order valence-electron chi connectivity index (χ3n) is 5.67. The molecule has 2 heterocycles. The number of para-hydroxylation sites is 1. The molecule has 2 aliphatic heterocycles. The van der Waals surface area contributed by atoms with Gasteiger partial charge in [0.1, 0.15) is 5.60 Å². The van der Waals surface area contributed by atoms with Crippen molar-refractivity contribution in [2.75, 3.05) is 24.6 Å². The number of carbonyl (C=O) groups is 1. The van der Waals surface area contributed by atoms with Gasteiger partial charge in [0.15, 0.2) is 12.0 Å². The fraction of sp³-hybridized carbons (Fsp3) is 0.591. The molecule has 3 unspecified atom stereocenters. The summed E-state index contributed by atoms with van der Waals surface area (Å²) in [4.78, 5) is 19.5. The van der Waals surface area contributed by atoms with E-state index in [1.165, 1.54) is 6.21 Å². The first-order chi connectivity index (χ1) is 13.4. The highest BCUT2D eigenvalue weighted by Gasteiger charge is 2.54. The molecule has 1 fully saturated rings. The van der Waals surface area contributed by atoms with Crippen LogP contribution in [0.2, 0.25) is 0 Å². The van der Waals surface area contributed by atoms with E-state index in [0.717, 1.165) is 24.1 Å². The van der Waals surface area contributed by atoms with Gasteiger partial charge in [0, 0.05) is 36.3 Å². The molecule has 0 aliphatic carbocycles. The third-order valence-corrected chi connectivity index (χ3v) is 5.67. The van der Waals surface area contributed by atoms with Crippen LogP contribution < -0.4 is 4.90 Å². The van der Waals surface area contributed by atoms with Crippen LogP contribution in [-0.2, 0) is 15.1 Å². The molecule has 0 saturated carbocycles. The van der Waals surface area contributed by atoms with Crippen LogP contribution in [-0.4, -0.2) is 48.7 Å². The van der Waals surface area contributed by atoms with Crippen molar-refractivity contribution in [2.45, 2.75) is 51.9 Å². The van der Waals surface area contributed by atoms with E-state index in [2.05, 4.69) is 18.8 Å². The molecule has 3 atom stereocenters. The van der Waals surface area contributed by atoms with Crippen LogP contribution in [0.5, 0.6) is 0 Å². The molecule has 2 N–H and O–H groups in total. The standard InChI is InChI=1S/C22H31N3O3/c1-4-24-20(16(13-23)10-9-15(2)3)19(26)14-25-18-8-6-5-7-17(18)22(27)11-12-28-21(22)25/h5-8,13,15-16,21,23,27H,4,9-12,14H2,1-3H3. The lowest BCUT2D eigenvalue weighted by molar-refractivity contribution is -0.112. The summed E-state index contributed by atoms with van der Waals surface area (Å²) in [6.07, 6.45) is 2.99. The molecule has 2 aliphatic rings. The molecule has 0 radical (unpaired) electrons. The monoisotopic (exact) mass is 385 g/mol. The van der Waals surface area contributed by atoms with E-state index in [9.17, 15) is 9.90 Å². The molecule has 6 heteroatoms. The molecule has 1 saturated heterocycles. The first-order valence-corrected chi connectivity index (χ1v) is 10.2. The van der Waals surface area contributed by atoms with Gasteiger partial charge in [-0.25, -0.2) is 0 Å². The van der Waals surface area contributed by atoms with Gasteiger partial charge in [0.2, 0.25) is 0 Å². The number of aliphatic hydroxyl groups is 1. The molecule has 0 aromatic heterocycles. The highest BCUT2D eigenvalue weighted by Crippen LogP contribution is 2.49. The van der Waals surface area contributed by atoms with Crippen molar-refractivity contribution in [1.29, 1.82) is 5.41 Å². The van der Waals surface area contributed by atoms with Gasteiger partial charge in [-0.3, -0.25) is 9.79 Å². The molecule has 0 bridgehead atoms. The first kappa shape index (κ1) is 20.7. The van der Waals surface area contributed by atoms with Crippen LogP contribution in [0.1, 0.15) is 45.6 Å². The second kappa shape index (κ2) is 8.53. The molecule has 0 amide bonds. The minimum absolute atomic E-state index is 0.0921. The Balaban J connectivity index is 1.84. The van der Waals surface area contributed by atoms with Gasteiger partial charge in [-0.15, -0.1) is 0 Å². The smallest absolute Gasteiger partial charge is 0.196 e. The van der Waals surface area contributed by atoms with E-state index in [0.29, 0.717) is 31.2 Å². The SMILES string of the molecule is CCN=C(C(=O)CN1c2ccccc2C2(O)CCOC12)C(C=N)CCC(C)C. The van der Waals surface area contributed by atoms with Gasteiger partial charge in [-0.05, 0) is 31.7 Å². The summed E-state index contributed by atoms with van der Waals surface area (Å²) in [6.45, 7) is 7.24. The largest absolute Gasteiger partial charge is 0.380 e. The minimum Gasteiger partial charge on any atom is -0.380 e. The Morgan fingerprint density at radius 3 is 2.86 bits per heavy atom. The fourth-order valence-corrected chi connectivity index (χ4v) is 4.22. The summed E-state index contributed by atoms with van der Waals surface area (Å²) in [5.74, 6) is 0.137. The average molecular weight is 386 g/mol. The molecule has 1 aromatic carbocycles. The molecule has 6 nitrogen and oxygen atoms in total. The van der Waals surface area contributed by atoms with E-state index < -0.39 is 11.8 Å². The number of nitrogens with one attached hydrogen (secondary N) is 1. The lowest BCUT2D eigenvalue weighted by Crippen LogP contribution is -2.46. The van der Waals surface area contributed by atoms with Gasteiger partial charge in [-0.2, -0.15) is 0 Å². The molecule has 28 heavy (non-hydrogen) atoms. The van der Waals surface area contributed by atoms with E-state index in [1.54, 1.807) is 0 Å². The van der Waals surface area contributed by atoms with Crippen molar-refractivity contribution in [1.82, 2.24) is 0 Å². The summed E-state index contributed by atoms with van der Waals surface area (Å²) in [5.41, 5.74) is 1.05. The predicted molar refractivity (Wildman–Crippen MR) is 111 cm³/mol. The molecule has 0 spiro atoms. The Hall–Kier alpha value is -2.05. The number of carbonyl (C=O) groups excluding carboxylic acids is 1. The number of ketones is 1. The minimum atomic E-state index is -1.07. The van der Waals surface area contributed by atoms with Gasteiger partial charge in [-0.1, -0.05) is 32.0 Å². The maximum Gasteiger partial charge on any atom is 0.196 e. The summed E-state index contributed by atoms with van der Waals surface area (Å²) < 4.78 is 5.82. The zero-order valence-corrected chi connectivity index (χ0v) is 17.0. The van der Waals surface area contributed by atoms with Gasteiger partial charge in [0.05, 0.1) is 18.9 Å². The summed E-state index contributed by atoms with van der Waals surface area (Å²) in [6, 6.07) is 7.64. The molecule has 1 aromatic rings. The van der Waals surface area contributed by atoms with E-state index in [1.807, 2.05) is 36.1 Å². The van der Waals surface area contributed by atoms with E-state index in [4.69, 9.17) is 10.1 Å². The summed E-state index contributed by atoms with van der Waals surface area (Å²) in [5, 5.41) is 19.0. The van der Waals surface area contributed by atoms with Crippen molar-refractivity contribution in [3.8, 4) is 0 Å². The lowest BCUT2D eigenvalue weighted by Gasteiger charge is -2.29. The van der Waals surface area contributed by atoms with Crippen molar-refractivity contribution < 1.29 is 14.6 Å². The average Bonchev–Trinajstić information content (AvgIpc) is 3.16. The Bertz CT molecular complexity index is 761. The zero-order valence-electron chi connectivity index (χ0n) is 17.0. The van der Waals surface area contributed by atoms with Crippen LogP contribution in [0.25, 0.3) is 0 Å². The third kappa shape index (κ3) is 3.76. The van der Waals surface area contributed by atoms with Gasteiger partial charge in [0.25, 0.3) is 0 Å². The Morgan fingerprint density at radius 1 is 1.43 bits per heavy atom. The maximum atomic E-state index is 13.2. The van der Waals surface area contributed by atoms with Gasteiger partial charge < -0.3 is 20.2 Å². The van der Waals surface area contributed by atoms with E-state index >= 15 is 0 Å². The molecule has 152 valence electrons. The number of hydrogen-bond donors (Lipinski definition) is 2. The number of Topliss-reactive ketones (excluding diaryl/α,β-unsaturated/α-hetero) is 1. The van der Waals surface area contributed by atoms with Crippen LogP contribution in [0.4, 0.5) is 5.69 Å². The Morgan fingerprint density at radius 2 is 2.18 bits per heavy atom. The van der Waals surface area contributed by atoms with E-state index in [-0.39, 0.29) is 18.2 Å². The highest BCUT2D eigenvalue weighted by molar-refractivity contribution is 6.44. The summed E-state index contributed by atoms with van der Waals surface area (Å²) >= 11 is 0. The molecular weight excluding hydrogens is 354 g/mol. The zero-order chi connectivity index (χ0) is 20.3. The second-order valence-electron chi connectivity index (χ2n) is 8.07. The number of benzene rings is 1. The van der Waals surface area contributed by atoms with Crippen LogP contribution in [0.15, 0.2) is 29.3 Å². The van der Waals surface area contributed by atoms with Gasteiger partial charge >= 0.3 is 0 Å². The number of fused-ring (bicyclic) bond motifs is 3. The molecular formula is C22H31N3O3. The number of aliphatic imine (C=N–C) groups is 1. The molecule has 3 rings (SSSR count). The van der Waals surface area contributed by atoms with Crippen molar-refractivity contribution in [2.24, 2.45) is 16.8 Å². The van der Waals surface area contributed by atoms with Crippen molar-refractivity contribution in [3.63, 3.8) is 0 Å². The lowest BCUT2D eigenvalue weighted by atomic mass is 9.92. The second-order valence-corrected chi connectivity index (χ2v) is 8.07.